The molecular weight excluding hydrogens is 338 g/mol. The summed E-state index contributed by atoms with van der Waals surface area (Å²) in [5, 5.41) is 6.05. The van der Waals surface area contributed by atoms with Gasteiger partial charge in [-0.3, -0.25) is 0 Å². The molecule has 6 nitrogen and oxygen atoms in total. The molecular formula is C15H22ClN3O3S. The molecule has 0 heterocycles. The van der Waals surface area contributed by atoms with E-state index < -0.39 is 10.0 Å². The average molecular weight is 360 g/mol. The SMILES string of the molecule is O=C(NCCNS(=O)(=O)c1ccc(Cl)cc1)NC1CCCCC1. The number of carbonyl (C=O) groups excluding carboxylic acids is 1. The highest BCUT2D eigenvalue weighted by Crippen LogP contribution is 2.17. The summed E-state index contributed by atoms with van der Waals surface area (Å²) in [6.45, 7) is 0.356. The van der Waals surface area contributed by atoms with Gasteiger partial charge in [-0.2, -0.15) is 0 Å². The van der Waals surface area contributed by atoms with Crippen LogP contribution in [-0.4, -0.2) is 33.6 Å². The Balaban J connectivity index is 1.69. The van der Waals surface area contributed by atoms with Crippen molar-refractivity contribution in [2.45, 2.75) is 43.0 Å². The zero-order chi connectivity index (χ0) is 16.7. The van der Waals surface area contributed by atoms with Crippen LogP contribution < -0.4 is 15.4 Å². The van der Waals surface area contributed by atoms with Gasteiger partial charge in [0.05, 0.1) is 4.90 Å². The minimum Gasteiger partial charge on any atom is -0.337 e. The minimum atomic E-state index is -3.58. The van der Waals surface area contributed by atoms with E-state index in [-0.39, 0.29) is 30.1 Å². The van der Waals surface area contributed by atoms with Crippen LogP contribution in [0.3, 0.4) is 0 Å². The molecule has 1 saturated carbocycles. The van der Waals surface area contributed by atoms with Crippen molar-refractivity contribution >= 4 is 27.7 Å². The molecule has 0 atom stereocenters. The van der Waals surface area contributed by atoms with E-state index >= 15 is 0 Å². The molecule has 0 bridgehead atoms. The van der Waals surface area contributed by atoms with E-state index in [9.17, 15) is 13.2 Å². The van der Waals surface area contributed by atoms with Gasteiger partial charge in [-0.25, -0.2) is 17.9 Å². The number of hydrogen-bond acceptors (Lipinski definition) is 3. The lowest BCUT2D eigenvalue weighted by Crippen LogP contribution is -2.45. The van der Waals surface area contributed by atoms with Gasteiger partial charge >= 0.3 is 6.03 Å². The van der Waals surface area contributed by atoms with Crippen LogP contribution in [0.25, 0.3) is 0 Å². The van der Waals surface area contributed by atoms with E-state index in [4.69, 9.17) is 11.6 Å². The molecule has 0 aliphatic heterocycles. The molecule has 128 valence electrons. The van der Waals surface area contributed by atoms with Crippen molar-refractivity contribution in [2.24, 2.45) is 0 Å². The topological polar surface area (TPSA) is 87.3 Å². The molecule has 0 saturated heterocycles. The summed E-state index contributed by atoms with van der Waals surface area (Å²) in [4.78, 5) is 11.9. The number of hydrogen-bond donors (Lipinski definition) is 3. The Morgan fingerprint density at radius 1 is 1.09 bits per heavy atom. The lowest BCUT2D eigenvalue weighted by atomic mass is 9.96. The molecule has 1 aliphatic rings. The van der Waals surface area contributed by atoms with E-state index in [2.05, 4.69) is 15.4 Å². The molecule has 3 N–H and O–H groups in total. The van der Waals surface area contributed by atoms with Crippen LogP contribution >= 0.6 is 11.6 Å². The van der Waals surface area contributed by atoms with Gasteiger partial charge in [-0.05, 0) is 37.1 Å². The number of benzene rings is 1. The van der Waals surface area contributed by atoms with Gasteiger partial charge in [-0.15, -0.1) is 0 Å². The fourth-order valence-electron chi connectivity index (χ4n) is 2.54. The maximum atomic E-state index is 12.0. The van der Waals surface area contributed by atoms with Crippen molar-refractivity contribution in [1.29, 1.82) is 0 Å². The zero-order valence-corrected chi connectivity index (χ0v) is 14.4. The van der Waals surface area contributed by atoms with Crippen molar-refractivity contribution < 1.29 is 13.2 Å². The highest BCUT2D eigenvalue weighted by atomic mass is 35.5. The zero-order valence-electron chi connectivity index (χ0n) is 12.8. The third kappa shape index (κ3) is 6.01. The lowest BCUT2D eigenvalue weighted by molar-refractivity contribution is 0.233. The van der Waals surface area contributed by atoms with E-state index in [0.29, 0.717) is 5.02 Å². The molecule has 2 rings (SSSR count). The summed E-state index contributed by atoms with van der Waals surface area (Å²) < 4.78 is 26.5. The molecule has 1 aliphatic carbocycles. The number of rotatable bonds is 6. The Kier molecular flexibility index (Phi) is 6.68. The first kappa shape index (κ1) is 18.0. The number of carbonyl (C=O) groups is 1. The summed E-state index contributed by atoms with van der Waals surface area (Å²) in [5.41, 5.74) is 0. The Labute approximate surface area is 142 Å². The van der Waals surface area contributed by atoms with Crippen LogP contribution in [0, 0.1) is 0 Å². The Morgan fingerprint density at radius 3 is 2.39 bits per heavy atom. The van der Waals surface area contributed by atoms with Crippen LogP contribution in [-0.2, 0) is 10.0 Å². The first-order chi connectivity index (χ1) is 11.0. The quantitative estimate of drug-likeness (QED) is 0.681. The fourth-order valence-corrected chi connectivity index (χ4v) is 3.70. The van der Waals surface area contributed by atoms with E-state index in [1.165, 1.54) is 30.7 Å². The smallest absolute Gasteiger partial charge is 0.315 e. The second-order valence-electron chi connectivity index (χ2n) is 5.59. The molecule has 0 radical (unpaired) electrons. The van der Waals surface area contributed by atoms with Crippen LogP contribution in [0.2, 0.25) is 5.02 Å². The van der Waals surface area contributed by atoms with Crippen LogP contribution in [0.1, 0.15) is 32.1 Å². The van der Waals surface area contributed by atoms with Gasteiger partial charge in [0.1, 0.15) is 0 Å². The maximum absolute atomic E-state index is 12.0. The Hall–Kier alpha value is -1.31. The first-order valence-electron chi connectivity index (χ1n) is 7.77. The highest BCUT2D eigenvalue weighted by Gasteiger charge is 2.16. The van der Waals surface area contributed by atoms with Crippen molar-refractivity contribution in [3.8, 4) is 0 Å². The number of nitrogens with one attached hydrogen (secondary N) is 3. The summed E-state index contributed by atoms with van der Waals surface area (Å²) >= 11 is 5.73. The number of amides is 2. The van der Waals surface area contributed by atoms with Gasteiger partial charge in [-0.1, -0.05) is 30.9 Å². The second kappa shape index (κ2) is 8.52. The number of urea groups is 1. The monoisotopic (exact) mass is 359 g/mol. The van der Waals surface area contributed by atoms with E-state index in [0.717, 1.165) is 25.7 Å². The van der Waals surface area contributed by atoms with Crippen LogP contribution in [0.5, 0.6) is 0 Å². The Bertz CT molecular complexity index is 613. The van der Waals surface area contributed by atoms with Crippen molar-refractivity contribution in [1.82, 2.24) is 15.4 Å². The van der Waals surface area contributed by atoms with Gasteiger partial charge in [0.25, 0.3) is 0 Å². The van der Waals surface area contributed by atoms with Crippen molar-refractivity contribution in [2.75, 3.05) is 13.1 Å². The van der Waals surface area contributed by atoms with Crippen molar-refractivity contribution in [3.63, 3.8) is 0 Å². The molecule has 0 unspecified atom stereocenters. The summed E-state index contributed by atoms with van der Waals surface area (Å²) in [6, 6.07) is 5.90. The average Bonchev–Trinajstić information content (AvgIpc) is 2.53. The van der Waals surface area contributed by atoms with Crippen LogP contribution in [0.4, 0.5) is 4.79 Å². The number of sulfonamides is 1. The molecule has 1 aromatic carbocycles. The van der Waals surface area contributed by atoms with Crippen molar-refractivity contribution in [3.05, 3.63) is 29.3 Å². The normalized spacial score (nSPS) is 16.0. The predicted octanol–water partition coefficient (Wildman–Crippen LogP) is 2.25. The molecule has 8 heteroatoms. The molecule has 23 heavy (non-hydrogen) atoms. The first-order valence-corrected chi connectivity index (χ1v) is 9.63. The summed E-state index contributed by atoms with van der Waals surface area (Å²) in [5.74, 6) is 0. The Morgan fingerprint density at radius 2 is 1.74 bits per heavy atom. The minimum absolute atomic E-state index is 0.128. The lowest BCUT2D eigenvalue weighted by Gasteiger charge is -2.22. The largest absolute Gasteiger partial charge is 0.337 e. The molecule has 1 aromatic rings. The standard InChI is InChI=1S/C15H22ClN3O3S/c16-12-6-8-14(9-7-12)23(21,22)18-11-10-17-15(20)19-13-4-2-1-3-5-13/h6-9,13,18H,1-5,10-11H2,(H2,17,19,20). The summed E-state index contributed by atoms with van der Waals surface area (Å²) in [6.07, 6.45) is 5.54. The van der Waals surface area contributed by atoms with E-state index in [1.54, 1.807) is 0 Å². The highest BCUT2D eigenvalue weighted by molar-refractivity contribution is 7.89. The van der Waals surface area contributed by atoms with Crippen LogP contribution in [0.15, 0.2) is 29.2 Å². The molecule has 1 fully saturated rings. The van der Waals surface area contributed by atoms with Gasteiger partial charge in [0.15, 0.2) is 0 Å². The third-order valence-electron chi connectivity index (χ3n) is 3.77. The number of halogens is 1. The predicted molar refractivity (Wildman–Crippen MR) is 90.0 cm³/mol. The third-order valence-corrected chi connectivity index (χ3v) is 5.50. The fraction of sp³-hybridized carbons (Fsp3) is 0.533. The molecule has 0 spiro atoms. The second-order valence-corrected chi connectivity index (χ2v) is 7.79. The molecule has 0 aromatic heterocycles. The summed E-state index contributed by atoms with van der Waals surface area (Å²) in [7, 11) is -3.58. The maximum Gasteiger partial charge on any atom is 0.315 e. The van der Waals surface area contributed by atoms with Gasteiger partial charge in [0.2, 0.25) is 10.0 Å². The molecule has 2 amide bonds. The van der Waals surface area contributed by atoms with Gasteiger partial charge < -0.3 is 10.6 Å². The van der Waals surface area contributed by atoms with Gasteiger partial charge in [0, 0.05) is 24.2 Å². The van der Waals surface area contributed by atoms with E-state index in [1.807, 2.05) is 0 Å².